The molecule has 7 heteroatoms. The summed E-state index contributed by atoms with van der Waals surface area (Å²) in [5.74, 6) is 0. The lowest BCUT2D eigenvalue weighted by atomic mass is 10.1. The molecule has 1 aromatic rings. The summed E-state index contributed by atoms with van der Waals surface area (Å²) in [5.41, 5.74) is 6.39. The lowest BCUT2D eigenvalue weighted by Gasteiger charge is -2.27. The van der Waals surface area contributed by atoms with Crippen LogP contribution in [0.4, 0.5) is 10.5 Å². The molecule has 1 rings (SSSR count). The van der Waals surface area contributed by atoms with Gasteiger partial charge >= 0.3 is 6.03 Å². The second-order valence-electron chi connectivity index (χ2n) is 4.35. The van der Waals surface area contributed by atoms with E-state index >= 15 is 0 Å². The van der Waals surface area contributed by atoms with E-state index in [2.05, 4.69) is 0 Å². The van der Waals surface area contributed by atoms with E-state index in [0.717, 1.165) is 6.42 Å². The number of urea groups is 1. The molecule has 0 bridgehead atoms. The first-order valence-electron chi connectivity index (χ1n) is 5.82. The molecule has 0 radical (unpaired) electrons. The first kappa shape index (κ1) is 15.8. The fourth-order valence-corrected chi connectivity index (χ4v) is 3.03. The van der Waals surface area contributed by atoms with Gasteiger partial charge in [0.15, 0.2) is 0 Å². The predicted molar refractivity (Wildman–Crippen MR) is 76.0 cm³/mol. The maximum atomic E-state index is 11.5. The number of hydrogen-bond donors (Lipinski definition) is 1. The molecule has 0 aliphatic heterocycles. The first-order chi connectivity index (χ1) is 8.68. The molecule has 1 aromatic carbocycles. The number of nitrogens with zero attached hydrogens (tertiary/aromatic N) is 1. The third-order valence-electron chi connectivity index (χ3n) is 2.97. The van der Waals surface area contributed by atoms with Gasteiger partial charge in [0, 0.05) is 22.4 Å². The number of carbonyl (C=O) groups is 1. The van der Waals surface area contributed by atoms with E-state index in [-0.39, 0.29) is 10.9 Å². The number of benzene rings is 1. The van der Waals surface area contributed by atoms with E-state index in [0.29, 0.717) is 11.3 Å². The van der Waals surface area contributed by atoms with Crippen LogP contribution in [-0.2, 0) is 9.05 Å². The Morgan fingerprint density at radius 3 is 2.42 bits per heavy atom. The largest absolute Gasteiger partial charge is 0.351 e. The average Bonchev–Trinajstić information content (AvgIpc) is 2.26. The minimum Gasteiger partial charge on any atom is -0.351 e. The summed E-state index contributed by atoms with van der Waals surface area (Å²) in [6, 6.07) is 3.85. The molecule has 5 nitrogen and oxygen atoms in total. The van der Waals surface area contributed by atoms with Gasteiger partial charge in [0.25, 0.3) is 9.05 Å². The number of carbonyl (C=O) groups excluding carboxylic acids is 1. The molecule has 0 saturated heterocycles. The monoisotopic (exact) mass is 304 g/mol. The zero-order chi connectivity index (χ0) is 14.8. The van der Waals surface area contributed by atoms with Crippen LogP contribution in [0.5, 0.6) is 0 Å². The molecule has 0 aliphatic carbocycles. The highest BCUT2D eigenvalue weighted by Gasteiger charge is 2.20. The summed E-state index contributed by atoms with van der Waals surface area (Å²) >= 11 is 0. The maximum Gasteiger partial charge on any atom is 0.319 e. The van der Waals surface area contributed by atoms with Gasteiger partial charge in [-0.15, -0.1) is 0 Å². The topological polar surface area (TPSA) is 80.5 Å². The van der Waals surface area contributed by atoms with Crippen LogP contribution in [-0.4, -0.2) is 20.5 Å². The lowest BCUT2D eigenvalue weighted by Crippen LogP contribution is -2.42. The Labute approximate surface area is 117 Å². The zero-order valence-electron chi connectivity index (χ0n) is 11.1. The fourth-order valence-electron chi connectivity index (χ4n) is 1.84. The molecule has 0 unspecified atom stereocenters. The molecule has 0 aliphatic rings. The molecule has 106 valence electrons. The SMILES string of the molecule is CC[C@H](C)N(C(N)=O)c1ccc(S(=O)(=O)Cl)c(C)c1. The summed E-state index contributed by atoms with van der Waals surface area (Å²) in [4.78, 5) is 13.0. The van der Waals surface area contributed by atoms with E-state index < -0.39 is 15.1 Å². The van der Waals surface area contributed by atoms with Gasteiger partial charge in [-0.1, -0.05) is 6.92 Å². The molecule has 0 fully saturated rings. The molecular formula is C12H17ClN2O3S. The van der Waals surface area contributed by atoms with Crippen molar-refractivity contribution < 1.29 is 13.2 Å². The van der Waals surface area contributed by atoms with Crippen LogP contribution in [0.1, 0.15) is 25.8 Å². The molecule has 2 amide bonds. The van der Waals surface area contributed by atoms with Crippen molar-refractivity contribution in [3.8, 4) is 0 Å². The van der Waals surface area contributed by atoms with Crippen LogP contribution >= 0.6 is 10.7 Å². The van der Waals surface area contributed by atoms with Gasteiger partial charge in [-0.3, -0.25) is 4.90 Å². The number of aryl methyl sites for hydroxylation is 1. The van der Waals surface area contributed by atoms with Gasteiger partial charge in [0.05, 0.1) is 4.90 Å². The Balaban J connectivity index is 3.29. The molecule has 2 N–H and O–H groups in total. The highest BCUT2D eigenvalue weighted by atomic mass is 35.7. The van der Waals surface area contributed by atoms with Crippen molar-refractivity contribution in [3.63, 3.8) is 0 Å². The van der Waals surface area contributed by atoms with E-state index in [4.69, 9.17) is 16.4 Å². The second kappa shape index (κ2) is 5.79. The number of rotatable bonds is 4. The number of amides is 2. The highest BCUT2D eigenvalue weighted by Crippen LogP contribution is 2.26. The fraction of sp³-hybridized carbons (Fsp3) is 0.417. The smallest absolute Gasteiger partial charge is 0.319 e. The minimum absolute atomic E-state index is 0.0338. The van der Waals surface area contributed by atoms with E-state index in [9.17, 15) is 13.2 Å². The molecule has 0 heterocycles. The molecular weight excluding hydrogens is 288 g/mol. The van der Waals surface area contributed by atoms with Crippen molar-refractivity contribution in [1.82, 2.24) is 0 Å². The Morgan fingerprint density at radius 2 is 2.05 bits per heavy atom. The Kier molecular flexibility index (Phi) is 4.81. The molecule has 0 aromatic heterocycles. The standard InChI is InChI=1S/C12H17ClN2O3S/c1-4-9(3)15(12(14)16)10-5-6-11(8(2)7-10)19(13,17)18/h5-7,9H,4H2,1-3H3,(H2,14,16)/t9-/m0/s1. The van der Waals surface area contributed by atoms with Crippen molar-refractivity contribution >= 4 is 31.5 Å². The van der Waals surface area contributed by atoms with E-state index in [1.54, 1.807) is 13.0 Å². The van der Waals surface area contributed by atoms with Crippen LogP contribution in [0.3, 0.4) is 0 Å². The average molecular weight is 305 g/mol. The van der Waals surface area contributed by atoms with E-state index in [1.165, 1.54) is 17.0 Å². The van der Waals surface area contributed by atoms with Crippen LogP contribution < -0.4 is 10.6 Å². The van der Waals surface area contributed by atoms with Crippen LogP contribution in [0, 0.1) is 6.92 Å². The number of anilines is 1. The third-order valence-corrected chi connectivity index (χ3v) is 4.45. The Morgan fingerprint density at radius 1 is 1.47 bits per heavy atom. The second-order valence-corrected chi connectivity index (χ2v) is 6.89. The van der Waals surface area contributed by atoms with Gasteiger partial charge < -0.3 is 5.73 Å². The number of halogens is 1. The Hall–Kier alpha value is -1.27. The van der Waals surface area contributed by atoms with Crippen molar-refractivity contribution in [2.45, 2.75) is 38.1 Å². The molecule has 0 spiro atoms. The van der Waals surface area contributed by atoms with Crippen molar-refractivity contribution in [2.75, 3.05) is 4.90 Å². The van der Waals surface area contributed by atoms with Gasteiger partial charge in [-0.25, -0.2) is 13.2 Å². The van der Waals surface area contributed by atoms with Gasteiger partial charge in [-0.2, -0.15) is 0 Å². The summed E-state index contributed by atoms with van der Waals surface area (Å²) in [6.45, 7) is 5.42. The molecule has 0 saturated carbocycles. The summed E-state index contributed by atoms with van der Waals surface area (Å²) < 4.78 is 22.6. The number of primary amides is 1. The summed E-state index contributed by atoms with van der Waals surface area (Å²) in [7, 11) is 1.53. The highest BCUT2D eigenvalue weighted by molar-refractivity contribution is 8.13. The van der Waals surface area contributed by atoms with Gasteiger partial charge in [0.1, 0.15) is 0 Å². The van der Waals surface area contributed by atoms with Crippen molar-refractivity contribution in [1.29, 1.82) is 0 Å². The summed E-state index contributed by atoms with van der Waals surface area (Å²) in [6.07, 6.45) is 0.734. The number of nitrogens with two attached hydrogens (primary N) is 1. The van der Waals surface area contributed by atoms with Gasteiger partial charge in [0.2, 0.25) is 0 Å². The van der Waals surface area contributed by atoms with E-state index in [1.807, 2.05) is 13.8 Å². The summed E-state index contributed by atoms with van der Waals surface area (Å²) in [5, 5.41) is 0. The van der Waals surface area contributed by atoms with Crippen molar-refractivity contribution in [2.24, 2.45) is 5.73 Å². The third kappa shape index (κ3) is 3.61. The van der Waals surface area contributed by atoms with Crippen LogP contribution in [0.15, 0.2) is 23.1 Å². The zero-order valence-corrected chi connectivity index (χ0v) is 12.6. The lowest BCUT2D eigenvalue weighted by molar-refractivity contribution is 0.252. The maximum absolute atomic E-state index is 11.5. The number of hydrogen-bond acceptors (Lipinski definition) is 3. The quantitative estimate of drug-likeness (QED) is 0.868. The molecule has 1 atom stereocenters. The first-order valence-corrected chi connectivity index (χ1v) is 8.13. The van der Waals surface area contributed by atoms with Crippen molar-refractivity contribution in [3.05, 3.63) is 23.8 Å². The molecule has 19 heavy (non-hydrogen) atoms. The van der Waals surface area contributed by atoms with Gasteiger partial charge in [-0.05, 0) is 44.0 Å². The normalized spacial score (nSPS) is 13.1. The van der Waals surface area contributed by atoms with Crippen LogP contribution in [0.25, 0.3) is 0 Å². The Bertz CT molecular complexity index is 587. The predicted octanol–water partition coefficient (Wildman–Crippen LogP) is 2.61. The van der Waals surface area contributed by atoms with Crippen LogP contribution in [0.2, 0.25) is 0 Å². The minimum atomic E-state index is -3.78.